The first-order chi connectivity index (χ1) is 19.2. The van der Waals surface area contributed by atoms with E-state index in [1.807, 2.05) is 6.92 Å². The minimum atomic E-state index is -1.38. The van der Waals surface area contributed by atoms with Crippen molar-refractivity contribution in [3.05, 3.63) is 68.4 Å². The summed E-state index contributed by atoms with van der Waals surface area (Å²) in [6.45, 7) is 6.04. The van der Waals surface area contributed by atoms with Gasteiger partial charge in [0, 0.05) is 24.3 Å². The number of carbonyl (C=O) groups is 1. The number of aryl methyl sites for hydroxylation is 1. The quantitative estimate of drug-likeness (QED) is 0.291. The third-order valence-corrected chi connectivity index (χ3v) is 8.65. The van der Waals surface area contributed by atoms with Gasteiger partial charge in [0.15, 0.2) is 0 Å². The zero-order valence-electron chi connectivity index (χ0n) is 22.8. The Hall–Kier alpha value is -3.84. The molecule has 1 N–H and O–H groups in total. The van der Waals surface area contributed by atoms with Crippen LogP contribution in [0.4, 0.5) is 4.39 Å². The molecule has 1 saturated heterocycles. The van der Waals surface area contributed by atoms with Gasteiger partial charge in [-0.2, -0.15) is 10.2 Å². The van der Waals surface area contributed by atoms with E-state index < -0.39 is 34.6 Å². The number of amides is 1. The average Bonchev–Trinajstić information content (AvgIpc) is 3.66. The summed E-state index contributed by atoms with van der Waals surface area (Å²) >= 11 is 1.19. The number of benzene rings is 1. The van der Waals surface area contributed by atoms with Crippen LogP contribution in [0.3, 0.4) is 0 Å². The van der Waals surface area contributed by atoms with E-state index in [9.17, 15) is 18.8 Å². The van der Waals surface area contributed by atoms with E-state index in [2.05, 4.69) is 15.5 Å². The number of hydrogen-bond acceptors (Lipinski definition) is 8. The normalized spacial score (nSPS) is 17.9. The molecule has 11 nitrogen and oxygen atoms in total. The number of hydrogen-bond donors (Lipinski definition) is 1. The number of carbonyl (C=O) groups excluding carboxylic acids is 1. The first-order valence-corrected chi connectivity index (χ1v) is 13.9. The van der Waals surface area contributed by atoms with E-state index >= 15 is 0 Å². The summed E-state index contributed by atoms with van der Waals surface area (Å²) in [5.41, 5.74) is -1.58. The van der Waals surface area contributed by atoms with Crippen molar-refractivity contribution in [3.63, 3.8) is 0 Å². The molecule has 1 amide bonds. The highest BCUT2D eigenvalue weighted by atomic mass is 32.1. The fourth-order valence-electron chi connectivity index (χ4n) is 5.11. The van der Waals surface area contributed by atoms with Gasteiger partial charge in [-0.1, -0.05) is 24.7 Å². The number of nitrogens with zero attached hydrogens (tertiary/aromatic N) is 5. The molecule has 4 heterocycles. The lowest BCUT2D eigenvalue weighted by molar-refractivity contribution is -0.126. The Bertz CT molecular complexity index is 1680. The first-order valence-electron chi connectivity index (χ1n) is 13.1. The van der Waals surface area contributed by atoms with Crippen LogP contribution in [-0.4, -0.2) is 50.3 Å². The molecule has 13 heteroatoms. The van der Waals surface area contributed by atoms with Crippen LogP contribution in [0, 0.1) is 12.7 Å². The Balaban J connectivity index is 1.78. The number of unbranched alkanes of at least 4 members (excludes halogenated alkanes) is 1. The largest absolute Gasteiger partial charge is 0.496 e. The fourth-order valence-corrected chi connectivity index (χ4v) is 6.33. The lowest BCUT2D eigenvalue weighted by Crippen LogP contribution is -2.53. The highest BCUT2D eigenvalue weighted by Gasteiger charge is 2.43. The lowest BCUT2D eigenvalue weighted by Gasteiger charge is -2.26. The van der Waals surface area contributed by atoms with E-state index in [1.54, 1.807) is 13.8 Å². The molecule has 0 saturated carbocycles. The van der Waals surface area contributed by atoms with Crippen LogP contribution in [0.5, 0.6) is 5.75 Å². The van der Waals surface area contributed by atoms with Crippen molar-refractivity contribution in [2.45, 2.75) is 58.2 Å². The van der Waals surface area contributed by atoms with Gasteiger partial charge in [0.25, 0.3) is 5.56 Å². The Morgan fingerprint density at radius 3 is 2.62 bits per heavy atom. The van der Waals surface area contributed by atoms with E-state index in [0.29, 0.717) is 39.9 Å². The van der Waals surface area contributed by atoms with Crippen LogP contribution in [0.1, 0.15) is 50.3 Å². The number of ether oxygens (including phenoxy) is 2. The Morgan fingerprint density at radius 2 is 1.98 bits per heavy atom. The SMILES string of the molecule is CCCCO[C@@H](Cn1c(=O)n([C@@]2(C)CCNC2=O)c(=O)c2c(C)c(-n3nccn3)sc21)c1cc(F)ccc1OC. The summed E-state index contributed by atoms with van der Waals surface area (Å²) in [6.07, 6.45) is 4.16. The minimum absolute atomic E-state index is 0.0528. The van der Waals surface area contributed by atoms with E-state index in [0.717, 1.165) is 17.4 Å². The number of aromatic nitrogens is 5. The van der Waals surface area contributed by atoms with Crippen molar-refractivity contribution >= 4 is 27.5 Å². The molecule has 0 bridgehead atoms. The maximum absolute atomic E-state index is 14.4. The molecular formula is C27H31FN6O5S. The average molecular weight is 571 g/mol. The second-order valence-corrected chi connectivity index (χ2v) is 10.9. The predicted molar refractivity (Wildman–Crippen MR) is 148 cm³/mol. The molecule has 212 valence electrons. The van der Waals surface area contributed by atoms with Crippen LogP contribution < -0.4 is 21.3 Å². The summed E-state index contributed by atoms with van der Waals surface area (Å²) in [7, 11) is 1.48. The maximum Gasteiger partial charge on any atom is 0.333 e. The third kappa shape index (κ3) is 4.62. The van der Waals surface area contributed by atoms with Gasteiger partial charge in [-0.15, -0.1) is 4.80 Å². The number of methoxy groups -OCH3 is 1. The van der Waals surface area contributed by atoms with Crippen LogP contribution >= 0.6 is 11.3 Å². The van der Waals surface area contributed by atoms with Gasteiger partial charge < -0.3 is 14.8 Å². The van der Waals surface area contributed by atoms with Gasteiger partial charge in [-0.3, -0.25) is 14.2 Å². The fraction of sp³-hybridized carbons (Fsp3) is 0.444. The van der Waals surface area contributed by atoms with Crippen molar-refractivity contribution in [2.24, 2.45) is 0 Å². The molecule has 2 atom stereocenters. The zero-order valence-corrected chi connectivity index (χ0v) is 23.6. The molecule has 1 aromatic carbocycles. The van der Waals surface area contributed by atoms with Crippen molar-refractivity contribution in [1.82, 2.24) is 29.4 Å². The number of fused-ring (bicyclic) bond motifs is 1. The van der Waals surface area contributed by atoms with Crippen molar-refractivity contribution in [1.29, 1.82) is 0 Å². The Morgan fingerprint density at radius 1 is 1.23 bits per heavy atom. The minimum Gasteiger partial charge on any atom is -0.496 e. The molecule has 1 aliphatic heterocycles. The maximum atomic E-state index is 14.4. The van der Waals surface area contributed by atoms with Gasteiger partial charge in [-0.25, -0.2) is 13.8 Å². The van der Waals surface area contributed by atoms with Crippen LogP contribution in [0.25, 0.3) is 15.2 Å². The lowest BCUT2D eigenvalue weighted by atomic mass is 10.00. The monoisotopic (exact) mass is 570 g/mol. The second kappa shape index (κ2) is 11.0. The Labute approximate surface area is 233 Å². The second-order valence-electron chi connectivity index (χ2n) is 9.94. The predicted octanol–water partition coefficient (Wildman–Crippen LogP) is 3.05. The summed E-state index contributed by atoms with van der Waals surface area (Å²) in [4.78, 5) is 42.9. The highest BCUT2D eigenvalue weighted by Crippen LogP contribution is 2.35. The summed E-state index contributed by atoms with van der Waals surface area (Å²) in [5, 5.41) is 12.0. The molecular weight excluding hydrogens is 539 g/mol. The van der Waals surface area contributed by atoms with Gasteiger partial charge in [0.05, 0.1) is 31.4 Å². The summed E-state index contributed by atoms with van der Waals surface area (Å²) in [6, 6.07) is 4.14. The van der Waals surface area contributed by atoms with E-state index in [1.165, 1.54) is 58.4 Å². The standard InChI is InChI=1S/C27H31FN6O5S/c1-5-6-13-39-20(18-14-17(28)7-8-19(18)38-4)15-32-24-21(16(2)23(40-24)34-30-11-12-31-34)22(35)33(26(32)37)27(3)9-10-29-25(27)36/h7-8,11-12,14,20H,5-6,9-10,13,15H2,1-4H3,(H,29,36)/t20-,27-/m0/s1. The summed E-state index contributed by atoms with van der Waals surface area (Å²) in [5.74, 6) is -0.468. The van der Waals surface area contributed by atoms with Gasteiger partial charge >= 0.3 is 5.69 Å². The molecule has 0 aliphatic carbocycles. The van der Waals surface area contributed by atoms with E-state index in [4.69, 9.17) is 9.47 Å². The van der Waals surface area contributed by atoms with Gasteiger partial charge in [-0.05, 0) is 44.9 Å². The van der Waals surface area contributed by atoms with Crippen LogP contribution in [0.15, 0.2) is 40.2 Å². The topological polar surface area (TPSA) is 122 Å². The first kappa shape index (κ1) is 27.7. The number of nitrogens with one attached hydrogen (secondary N) is 1. The smallest absolute Gasteiger partial charge is 0.333 e. The van der Waals surface area contributed by atoms with Crippen molar-refractivity contribution in [2.75, 3.05) is 20.3 Å². The van der Waals surface area contributed by atoms with Crippen molar-refractivity contribution < 1.29 is 18.7 Å². The van der Waals surface area contributed by atoms with Gasteiger partial charge in [0.1, 0.15) is 33.0 Å². The number of halogens is 1. The Kier molecular flexibility index (Phi) is 7.60. The molecule has 0 radical (unpaired) electrons. The molecule has 1 aliphatic rings. The number of thiophene rings is 1. The zero-order chi connectivity index (χ0) is 28.6. The molecule has 0 unspecified atom stereocenters. The third-order valence-electron chi connectivity index (χ3n) is 7.37. The summed E-state index contributed by atoms with van der Waals surface area (Å²) < 4.78 is 28.7. The molecule has 40 heavy (non-hydrogen) atoms. The molecule has 1 fully saturated rings. The number of rotatable bonds is 10. The van der Waals surface area contributed by atoms with Crippen LogP contribution in [-0.2, 0) is 21.6 Å². The van der Waals surface area contributed by atoms with Crippen LogP contribution in [0.2, 0.25) is 0 Å². The molecule has 0 spiro atoms. The molecule has 4 aromatic rings. The van der Waals surface area contributed by atoms with Crippen molar-refractivity contribution in [3.8, 4) is 10.8 Å². The molecule has 5 rings (SSSR count). The van der Waals surface area contributed by atoms with E-state index in [-0.39, 0.29) is 18.4 Å². The van der Waals surface area contributed by atoms with Gasteiger partial charge in [0.2, 0.25) is 5.91 Å². The highest BCUT2D eigenvalue weighted by molar-refractivity contribution is 7.21. The molecule has 3 aromatic heterocycles.